The lowest BCUT2D eigenvalue weighted by Crippen LogP contribution is -2.49. The minimum absolute atomic E-state index is 0.0270. The van der Waals surface area contributed by atoms with Gasteiger partial charge in [-0.2, -0.15) is 0 Å². The van der Waals surface area contributed by atoms with Gasteiger partial charge in [0.25, 0.3) is 0 Å². The Morgan fingerprint density at radius 2 is 1.52 bits per heavy atom. The Bertz CT molecular complexity index is 671. The van der Waals surface area contributed by atoms with Gasteiger partial charge in [-0.05, 0) is 31.4 Å². The number of carbonyl (C=O) groups excluding carboxylic acids is 2. The van der Waals surface area contributed by atoms with Crippen LogP contribution in [0.3, 0.4) is 0 Å². The number of amides is 2. The van der Waals surface area contributed by atoms with E-state index in [1.807, 2.05) is 67.6 Å². The average molecular weight is 338 g/mol. The predicted molar refractivity (Wildman–Crippen MR) is 100 cm³/mol. The van der Waals surface area contributed by atoms with Crippen molar-refractivity contribution in [3.05, 3.63) is 71.8 Å². The molecule has 0 unspecified atom stereocenters. The first-order chi connectivity index (χ1) is 12.1. The topological polar surface area (TPSA) is 49.4 Å². The standard InChI is InChI=1S/C21H26N2O2/c1-3-22-21(25)17(2)23(15-14-18-10-6-4-7-11-18)20(24)16-19-12-8-5-9-13-19/h4-13,17H,3,14-16H2,1-2H3,(H,22,25)/t17-/m0/s1. The summed E-state index contributed by atoms with van der Waals surface area (Å²) in [5.74, 6) is -0.141. The molecule has 0 radical (unpaired) electrons. The summed E-state index contributed by atoms with van der Waals surface area (Å²) in [4.78, 5) is 26.8. The molecule has 0 bridgehead atoms. The first-order valence-electron chi connectivity index (χ1n) is 8.76. The van der Waals surface area contributed by atoms with Crippen LogP contribution in [0.15, 0.2) is 60.7 Å². The molecule has 0 aliphatic rings. The lowest BCUT2D eigenvalue weighted by molar-refractivity contribution is -0.139. The normalized spacial score (nSPS) is 11.6. The molecule has 2 aromatic rings. The zero-order valence-electron chi connectivity index (χ0n) is 14.9. The van der Waals surface area contributed by atoms with E-state index in [4.69, 9.17) is 0 Å². The van der Waals surface area contributed by atoms with Gasteiger partial charge in [-0.25, -0.2) is 0 Å². The van der Waals surface area contributed by atoms with Crippen molar-refractivity contribution in [1.29, 1.82) is 0 Å². The van der Waals surface area contributed by atoms with Crippen molar-refractivity contribution in [2.75, 3.05) is 13.1 Å². The average Bonchev–Trinajstić information content (AvgIpc) is 2.63. The van der Waals surface area contributed by atoms with Gasteiger partial charge in [0.1, 0.15) is 6.04 Å². The molecular weight excluding hydrogens is 312 g/mol. The molecule has 4 heteroatoms. The zero-order valence-corrected chi connectivity index (χ0v) is 14.9. The highest BCUT2D eigenvalue weighted by atomic mass is 16.2. The molecule has 2 rings (SSSR count). The Morgan fingerprint density at radius 1 is 0.960 bits per heavy atom. The largest absolute Gasteiger partial charge is 0.355 e. The maximum absolute atomic E-state index is 12.8. The third kappa shape index (κ3) is 5.75. The van der Waals surface area contributed by atoms with E-state index in [9.17, 15) is 9.59 Å². The second-order valence-electron chi connectivity index (χ2n) is 6.06. The van der Waals surface area contributed by atoms with Crippen LogP contribution in [0, 0.1) is 0 Å². The van der Waals surface area contributed by atoms with E-state index in [2.05, 4.69) is 5.32 Å². The number of carbonyl (C=O) groups is 2. The number of rotatable bonds is 8. The zero-order chi connectivity index (χ0) is 18.1. The van der Waals surface area contributed by atoms with E-state index in [0.29, 0.717) is 19.5 Å². The highest BCUT2D eigenvalue weighted by molar-refractivity contribution is 5.88. The molecule has 1 N–H and O–H groups in total. The van der Waals surface area contributed by atoms with Crippen molar-refractivity contribution in [1.82, 2.24) is 10.2 Å². The van der Waals surface area contributed by atoms with E-state index in [1.165, 1.54) is 0 Å². The lowest BCUT2D eigenvalue weighted by Gasteiger charge is -2.28. The molecule has 25 heavy (non-hydrogen) atoms. The van der Waals surface area contributed by atoms with E-state index >= 15 is 0 Å². The third-order valence-corrected chi connectivity index (χ3v) is 4.20. The second kappa shape index (κ2) is 9.62. The summed E-state index contributed by atoms with van der Waals surface area (Å²) < 4.78 is 0. The van der Waals surface area contributed by atoms with Gasteiger partial charge in [0.05, 0.1) is 6.42 Å². The van der Waals surface area contributed by atoms with Crippen LogP contribution in [0.25, 0.3) is 0 Å². The van der Waals surface area contributed by atoms with Crippen molar-refractivity contribution < 1.29 is 9.59 Å². The van der Waals surface area contributed by atoms with E-state index in [-0.39, 0.29) is 11.8 Å². The number of nitrogens with one attached hydrogen (secondary N) is 1. The smallest absolute Gasteiger partial charge is 0.242 e. The molecule has 0 fully saturated rings. The molecule has 0 aliphatic carbocycles. The summed E-state index contributed by atoms with van der Waals surface area (Å²) in [7, 11) is 0. The van der Waals surface area contributed by atoms with Crippen LogP contribution >= 0.6 is 0 Å². The molecule has 0 aromatic heterocycles. The van der Waals surface area contributed by atoms with Gasteiger partial charge < -0.3 is 10.2 Å². The Kier molecular flexibility index (Phi) is 7.20. The third-order valence-electron chi connectivity index (χ3n) is 4.20. The summed E-state index contributed by atoms with van der Waals surface area (Å²) in [6, 6.07) is 19.2. The van der Waals surface area contributed by atoms with E-state index in [1.54, 1.807) is 11.8 Å². The fraction of sp³-hybridized carbons (Fsp3) is 0.333. The molecule has 4 nitrogen and oxygen atoms in total. The quantitative estimate of drug-likeness (QED) is 0.805. The van der Waals surface area contributed by atoms with Crippen LogP contribution in [0.2, 0.25) is 0 Å². The van der Waals surface area contributed by atoms with Crippen molar-refractivity contribution in [3.63, 3.8) is 0 Å². The first kappa shape index (κ1) is 18.7. The highest BCUT2D eigenvalue weighted by Crippen LogP contribution is 2.09. The van der Waals surface area contributed by atoms with Gasteiger partial charge >= 0.3 is 0 Å². The van der Waals surface area contributed by atoms with Crippen molar-refractivity contribution in [2.24, 2.45) is 0 Å². The Labute approximate surface area is 149 Å². The maximum atomic E-state index is 12.8. The first-order valence-corrected chi connectivity index (χ1v) is 8.76. The summed E-state index contributed by atoms with van der Waals surface area (Å²) in [6.07, 6.45) is 1.03. The van der Waals surface area contributed by atoms with Crippen LogP contribution in [0.1, 0.15) is 25.0 Å². The van der Waals surface area contributed by atoms with Crippen molar-refractivity contribution >= 4 is 11.8 Å². The Morgan fingerprint density at radius 3 is 2.08 bits per heavy atom. The molecule has 2 aromatic carbocycles. The lowest BCUT2D eigenvalue weighted by atomic mass is 10.1. The van der Waals surface area contributed by atoms with Gasteiger partial charge in [-0.15, -0.1) is 0 Å². The molecule has 0 saturated carbocycles. The second-order valence-corrected chi connectivity index (χ2v) is 6.06. The van der Waals surface area contributed by atoms with Gasteiger partial charge in [0, 0.05) is 13.1 Å². The van der Waals surface area contributed by atoms with E-state index in [0.717, 1.165) is 17.5 Å². The van der Waals surface area contributed by atoms with Gasteiger partial charge in [0.2, 0.25) is 11.8 Å². The molecule has 1 atom stereocenters. The summed E-state index contributed by atoms with van der Waals surface area (Å²) >= 11 is 0. The number of nitrogens with zero attached hydrogens (tertiary/aromatic N) is 1. The van der Waals surface area contributed by atoms with Crippen LogP contribution in [0.4, 0.5) is 0 Å². The Hall–Kier alpha value is -2.62. The van der Waals surface area contributed by atoms with Crippen molar-refractivity contribution in [2.45, 2.75) is 32.7 Å². The van der Waals surface area contributed by atoms with Crippen LogP contribution in [-0.4, -0.2) is 35.8 Å². The minimum Gasteiger partial charge on any atom is -0.355 e. The van der Waals surface area contributed by atoms with Crippen molar-refractivity contribution in [3.8, 4) is 0 Å². The molecule has 0 saturated heterocycles. The summed E-state index contributed by atoms with van der Waals surface area (Å²) in [5.41, 5.74) is 2.11. The Balaban J connectivity index is 2.09. The summed E-state index contributed by atoms with van der Waals surface area (Å²) in [5, 5.41) is 2.81. The molecule has 0 heterocycles. The number of likely N-dealkylation sites (N-methyl/N-ethyl adjacent to an activating group) is 1. The number of hydrogen-bond donors (Lipinski definition) is 1. The maximum Gasteiger partial charge on any atom is 0.242 e. The number of hydrogen-bond acceptors (Lipinski definition) is 2. The molecular formula is C21H26N2O2. The fourth-order valence-electron chi connectivity index (χ4n) is 2.76. The minimum atomic E-state index is -0.486. The van der Waals surface area contributed by atoms with Gasteiger partial charge in [-0.3, -0.25) is 9.59 Å². The van der Waals surface area contributed by atoms with Gasteiger partial charge in [0.15, 0.2) is 0 Å². The molecule has 0 spiro atoms. The fourth-order valence-corrected chi connectivity index (χ4v) is 2.76. The SMILES string of the molecule is CCNC(=O)[C@H](C)N(CCc1ccccc1)C(=O)Cc1ccccc1. The summed E-state index contributed by atoms with van der Waals surface area (Å²) in [6.45, 7) is 4.75. The van der Waals surface area contributed by atoms with Crippen LogP contribution < -0.4 is 5.32 Å². The number of benzene rings is 2. The van der Waals surface area contributed by atoms with E-state index < -0.39 is 6.04 Å². The molecule has 2 amide bonds. The van der Waals surface area contributed by atoms with Crippen LogP contribution in [0.5, 0.6) is 0 Å². The highest BCUT2D eigenvalue weighted by Gasteiger charge is 2.25. The molecule has 132 valence electrons. The van der Waals surface area contributed by atoms with Crippen LogP contribution in [-0.2, 0) is 22.4 Å². The predicted octanol–water partition coefficient (Wildman–Crippen LogP) is 2.83. The molecule has 0 aliphatic heterocycles. The monoisotopic (exact) mass is 338 g/mol. The van der Waals surface area contributed by atoms with Gasteiger partial charge in [-0.1, -0.05) is 60.7 Å².